The first-order valence-corrected chi connectivity index (χ1v) is 6.50. The molecule has 2 nitrogen and oxygen atoms in total. The van der Waals surface area contributed by atoms with Crippen LogP contribution in [0.1, 0.15) is 36.8 Å². The van der Waals surface area contributed by atoms with E-state index in [-0.39, 0.29) is 0 Å². The van der Waals surface area contributed by atoms with E-state index in [1.165, 1.54) is 42.4 Å². The topological polar surface area (TPSA) is 38.0 Å². The summed E-state index contributed by atoms with van der Waals surface area (Å²) >= 11 is 0. The van der Waals surface area contributed by atoms with Crippen molar-refractivity contribution in [2.24, 2.45) is 5.84 Å². The molecule has 0 radical (unpaired) electrons. The monoisotopic (exact) mass is 230 g/mol. The highest BCUT2D eigenvalue weighted by Gasteiger charge is 2.15. The number of hydrogen-bond acceptors (Lipinski definition) is 2. The van der Waals surface area contributed by atoms with Gasteiger partial charge in [-0.05, 0) is 44.6 Å². The molecule has 3 N–H and O–H groups in total. The fraction of sp³-hybridized carbons (Fsp3) is 0.467. The van der Waals surface area contributed by atoms with Crippen molar-refractivity contribution in [2.45, 2.75) is 45.1 Å². The van der Waals surface area contributed by atoms with E-state index >= 15 is 0 Å². The van der Waals surface area contributed by atoms with Crippen LogP contribution in [-0.4, -0.2) is 6.04 Å². The van der Waals surface area contributed by atoms with Gasteiger partial charge in [0.25, 0.3) is 0 Å². The fourth-order valence-corrected chi connectivity index (χ4v) is 2.44. The number of hydrogen-bond donors (Lipinski definition) is 2. The molecule has 1 atom stereocenters. The normalized spacial score (nSPS) is 17.6. The number of nitrogens with two attached hydrogens (primary N) is 1. The van der Waals surface area contributed by atoms with Gasteiger partial charge in [0, 0.05) is 6.04 Å². The predicted molar refractivity (Wildman–Crippen MR) is 72.5 cm³/mol. The van der Waals surface area contributed by atoms with Gasteiger partial charge < -0.3 is 0 Å². The van der Waals surface area contributed by atoms with Gasteiger partial charge in [0.05, 0.1) is 0 Å². The van der Waals surface area contributed by atoms with Crippen molar-refractivity contribution < 1.29 is 0 Å². The molecule has 2 rings (SSSR count). The fourth-order valence-electron chi connectivity index (χ4n) is 2.44. The van der Waals surface area contributed by atoms with Gasteiger partial charge in [-0.3, -0.25) is 11.3 Å². The molecule has 1 aliphatic rings. The molecule has 1 aromatic carbocycles. The highest BCUT2D eigenvalue weighted by atomic mass is 15.2. The average Bonchev–Trinajstić information content (AvgIpc) is 2.39. The van der Waals surface area contributed by atoms with Crippen molar-refractivity contribution in [1.82, 2.24) is 5.43 Å². The SMILES string of the molecule is Cc1ccc(CC(NN)C2=CCCCC2)cc1. The first-order valence-electron chi connectivity index (χ1n) is 6.50. The predicted octanol–water partition coefficient (Wildman–Crippen LogP) is 2.87. The van der Waals surface area contributed by atoms with E-state index in [0.29, 0.717) is 6.04 Å². The van der Waals surface area contributed by atoms with Crippen LogP contribution < -0.4 is 11.3 Å². The molecule has 0 aliphatic heterocycles. The lowest BCUT2D eigenvalue weighted by Gasteiger charge is -2.22. The lowest BCUT2D eigenvalue weighted by Crippen LogP contribution is -2.38. The van der Waals surface area contributed by atoms with Crippen molar-refractivity contribution in [3.05, 3.63) is 47.0 Å². The Bertz CT molecular complexity index is 378. The molecule has 0 spiro atoms. The van der Waals surface area contributed by atoms with Gasteiger partial charge in [0.15, 0.2) is 0 Å². The Balaban J connectivity index is 2.04. The Morgan fingerprint density at radius 2 is 2.00 bits per heavy atom. The quantitative estimate of drug-likeness (QED) is 0.474. The van der Waals surface area contributed by atoms with Crippen molar-refractivity contribution in [2.75, 3.05) is 0 Å². The second kappa shape index (κ2) is 5.99. The minimum atomic E-state index is 0.304. The number of nitrogens with one attached hydrogen (secondary N) is 1. The molecule has 0 amide bonds. The lowest BCUT2D eigenvalue weighted by molar-refractivity contribution is 0.542. The lowest BCUT2D eigenvalue weighted by atomic mass is 9.90. The minimum Gasteiger partial charge on any atom is -0.271 e. The average molecular weight is 230 g/mol. The van der Waals surface area contributed by atoms with Gasteiger partial charge in [0.2, 0.25) is 0 Å². The summed E-state index contributed by atoms with van der Waals surface area (Å²) in [5.41, 5.74) is 7.11. The molecule has 0 heterocycles. The molecule has 2 heteroatoms. The van der Waals surface area contributed by atoms with Crippen LogP contribution in [0.25, 0.3) is 0 Å². The van der Waals surface area contributed by atoms with Crippen molar-refractivity contribution >= 4 is 0 Å². The number of allylic oxidation sites excluding steroid dienone is 1. The second-order valence-electron chi connectivity index (χ2n) is 4.93. The third kappa shape index (κ3) is 3.42. The van der Waals surface area contributed by atoms with Crippen molar-refractivity contribution in [1.29, 1.82) is 0 Å². The highest BCUT2D eigenvalue weighted by molar-refractivity contribution is 5.25. The number of rotatable bonds is 4. The zero-order valence-corrected chi connectivity index (χ0v) is 10.6. The number of hydrazine groups is 1. The first-order chi connectivity index (χ1) is 8.29. The molecular weight excluding hydrogens is 208 g/mol. The Morgan fingerprint density at radius 3 is 2.59 bits per heavy atom. The van der Waals surface area contributed by atoms with Gasteiger partial charge in [0.1, 0.15) is 0 Å². The van der Waals surface area contributed by atoms with E-state index in [1.807, 2.05) is 0 Å². The van der Waals surface area contributed by atoms with Crippen LogP contribution in [0.2, 0.25) is 0 Å². The largest absolute Gasteiger partial charge is 0.271 e. The second-order valence-corrected chi connectivity index (χ2v) is 4.93. The third-order valence-electron chi connectivity index (χ3n) is 3.54. The molecule has 0 saturated carbocycles. The van der Waals surface area contributed by atoms with Crippen LogP contribution in [0.4, 0.5) is 0 Å². The molecule has 0 fully saturated rings. The molecular formula is C15H22N2. The van der Waals surface area contributed by atoms with Gasteiger partial charge in [-0.15, -0.1) is 0 Å². The standard InChI is InChI=1S/C15H22N2/c1-12-7-9-13(10-8-12)11-15(17-16)14-5-3-2-4-6-14/h5,7-10,15,17H,2-4,6,11,16H2,1H3. The van der Waals surface area contributed by atoms with Crippen molar-refractivity contribution in [3.63, 3.8) is 0 Å². The zero-order chi connectivity index (χ0) is 12.1. The molecule has 0 saturated heterocycles. The summed E-state index contributed by atoms with van der Waals surface area (Å²) in [5.74, 6) is 5.69. The summed E-state index contributed by atoms with van der Waals surface area (Å²) in [6.45, 7) is 2.12. The number of benzene rings is 1. The first kappa shape index (κ1) is 12.3. The van der Waals surface area contributed by atoms with Gasteiger partial charge in [-0.2, -0.15) is 0 Å². The summed E-state index contributed by atoms with van der Waals surface area (Å²) in [7, 11) is 0. The summed E-state index contributed by atoms with van der Waals surface area (Å²) in [6, 6.07) is 9.03. The maximum Gasteiger partial charge on any atom is 0.0460 e. The Morgan fingerprint density at radius 1 is 1.24 bits per heavy atom. The summed E-state index contributed by atoms with van der Waals surface area (Å²) < 4.78 is 0. The van der Waals surface area contributed by atoms with Crippen LogP contribution in [0.5, 0.6) is 0 Å². The third-order valence-corrected chi connectivity index (χ3v) is 3.54. The number of aryl methyl sites for hydroxylation is 1. The van der Waals surface area contributed by atoms with E-state index in [0.717, 1.165) is 6.42 Å². The molecule has 0 aromatic heterocycles. The van der Waals surface area contributed by atoms with Gasteiger partial charge in [-0.1, -0.05) is 41.5 Å². The van der Waals surface area contributed by atoms with E-state index in [4.69, 9.17) is 5.84 Å². The Labute approximate surface area is 104 Å². The van der Waals surface area contributed by atoms with E-state index in [1.54, 1.807) is 0 Å². The smallest absolute Gasteiger partial charge is 0.0460 e. The van der Waals surface area contributed by atoms with Gasteiger partial charge in [-0.25, -0.2) is 0 Å². The minimum absolute atomic E-state index is 0.304. The van der Waals surface area contributed by atoms with Crippen LogP contribution in [0, 0.1) is 6.92 Å². The van der Waals surface area contributed by atoms with Crippen molar-refractivity contribution in [3.8, 4) is 0 Å². The highest BCUT2D eigenvalue weighted by Crippen LogP contribution is 2.22. The maximum atomic E-state index is 5.69. The van der Waals surface area contributed by atoms with Crippen LogP contribution in [-0.2, 0) is 6.42 Å². The Hall–Kier alpha value is -1.12. The maximum absolute atomic E-state index is 5.69. The van der Waals surface area contributed by atoms with Crippen LogP contribution >= 0.6 is 0 Å². The van der Waals surface area contributed by atoms with Crippen LogP contribution in [0.3, 0.4) is 0 Å². The van der Waals surface area contributed by atoms with Crippen LogP contribution in [0.15, 0.2) is 35.9 Å². The molecule has 1 aromatic rings. The molecule has 0 bridgehead atoms. The summed E-state index contributed by atoms with van der Waals surface area (Å²) in [5, 5.41) is 0. The van der Waals surface area contributed by atoms with E-state index < -0.39 is 0 Å². The molecule has 1 unspecified atom stereocenters. The van der Waals surface area contributed by atoms with E-state index in [2.05, 4.69) is 42.7 Å². The Kier molecular flexibility index (Phi) is 4.35. The van der Waals surface area contributed by atoms with E-state index in [9.17, 15) is 0 Å². The van der Waals surface area contributed by atoms with Gasteiger partial charge >= 0.3 is 0 Å². The molecule has 17 heavy (non-hydrogen) atoms. The zero-order valence-electron chi connectivity index (χ0n) is 10.6. The molecule has 92 valence electrons. The summed E-state index contributed by atoms with van der Waals surface area (Å²) in [6.07, 6.45) is 8.39. The summed E-state index contributed by atoms with van der Waals surface area (Å²) in [4.78, 5) is 0. The molecule has 1 aliphatic carbocycles.